The zero-order valence-corrected chi connectivity index (χ0v) is 19.7. The number of benzene rings is 3. The van der Waals surface area contributed by atoms with Gasteiger partial charge in [0.25, 0.3) is 11.8 Å². The maximum absolute atomic E-state index is 12.9. The first-order valence-electron chi connectivity index (χ1n) is 10.9. The SMILES string of the molecule is Cc1c(Cc2ccc3c(c2)OCO3)sc(NC(=O)c2ccc(Oc3ccccc3)cc2)c1C(N)=O. The highest BCUT2D eigenvalue weighted by molar-refractivity contribution is 7.17. The monoisotopic (exact) mass is 486 g/mol. The Balaban J connectivity index is 1.33. The van der Waals surface area contributed by atoms with E-state index in [1.807, 2.05) is 55.5 Å². The van der Waals surface area contributed by atoms with Crippen LogP contribution in [0.5, 0.6) is 23.0 Å². The molecule has 0 saturated heterocycles. The van der Waals surface area contributed by atoms with Crippen molar-refractivity contribution in [1.82, 2.24) is 0 Å². The number of carbonyl (C=O) groups is 2. The predicted molar refractivity (Wildman–Crippen MR) is 134 cm³/mol. The van der Waals surface area contributed by atoms with E-state index in [1.54, 1.807) is 24.3 Å². The van der Waals surface area contributed by atoms with E-state index in [1.165, 1.54) is 11.3 Å². The van der Waals surface area contributed by atoms with Gasteiger partial charge < -0.3 is 25.3 Å². The Morgan fingerprint density at radius 2 is 1.69 bits per heavy atom. The molecule has 0 bridgehead atoms. The summed E-state index contributed by atoms with van der Waals surface area (Å²) in [4.78, 5) is 26.1. The van der Waals surface area contributed by atoms with Gasteiger partial charge in [-0.2, -0.15) is 0 Å². The molecule has 1 aliphatic heterocycles. The lowest BCUT2D eigenvalue weighted by Gasteiger charge is -2.08. The Morgan fingerprint density at radius 3 is 2.43 bits per heavy atom. The van der Waals surface area contributed by atoms with Crippen LogP contribution in [0.4, 0.5) is 5.00 Å². The fraction of sp³-hybridized carbons (Fsp3) is 0.111. The van der Waals surface area contributed by atoms with Crippen LogP contribution in [0.2, 0.25) is 0 Å². The first-order chi connectivity index (χ1) is 17.0. The number of para-hydroxylation sites is 1. The second kappa shape index (κ2) is 9.52. The number of hydrogen-bond acceptors (Lipinski definition) is 6. The van der Waals surface area contributed by atoms with Gasteiger partial charge in [-0.25, -0.2) is 0 Å². The van der Waals surface area contributed by atoms with E-state index >= 15 is 0 Å². The van der Waals surface area contributed by atoms with Gasteiger partial charge in [-0.1, -0.05) is 24.3 Å². The van der Waals surface area contributed by atoms with E-state index in [0.29, 0.717) is 45.5 Å². The van der Waals surface area contributed by atoms with Gasteiger partial charge in [0.1, 0.15) is 16.5 Å². The Labute approximate surface area is 206 Å². The van der Waals surface area contributed by atoms with Crippen LogP contribution in [-0.4, -0.2) is 18.6 Å². The van der Waals surface area contributed by atoms with Crippen LogP contribution in [0.1, 0.15) is 36.7 Å². The number of amides is 2. The van der Waals surface area contributed by atoms with Crippen LogP contribution in [0.25, 0.3) is 0 Å². The Kier molecular flexibility index (Phi) is 6.12. The third kappa shape index (κ3) is 4.83. The molecule has 0 unspecified atom stereocenters. The lowest BCUT2D eigenvalue weighted by molar-refractivity contribution is 0.100. The Hall–Kier alpha value is -4.30. The molecule has 7 nitrogen and oxygen atoms in total. The Bertz CT molecular complexity index is 1400. The summed E-state index contributed by atoms with van der Waals surface area (Å²) in [5.74, 6) is 1.80. The van der Waals surface area contributed by atoms with Crippen LogP contribution in [0.15, 0.2) is 72.8 Å². The fourth-order valence-electron chi connectivity index (χ4n) is 3.82. The van der Waals surface area contributed by atoms with Gasteiger partial charge in [0.15, 0.2) is 11.5 Å². The highest BCUT2D eigenvalue weighted by Crippen LogP contribution is 2.37. The molecule has 2 amide bonds. The topological polar surface area (TPSA) is 99.9 Å². The van der Waals surface area contributed by atoms with E-state index in [9.17, 15) is 9.59 Å². The van der Waals surface area contributed by atoms with Crippen molar-refractivity contribution in [3.8, 4) is 23.0 Å². The molecule has 2 heterocycles. The number of rotatable bonds is 7. The molecule has 0 saturated carbocycles. The standard InChI is InChI=1S/C27H22N2O5S/c1-16-23(14-17-7-12-21-22(13-17)33-15-32-21)35-27(24(16)25(28)30)29-26(31)18-8-10-20(11-9-18)34-19-5-3-2-4-6-19/h2-13H,14-15H2,1H3,(H2,28,30)(H,29,31). The largest absolute Gasteiger partial charge is 0.457 e. The highest BCUT2D eigenvalue weighted by atomic mass is 32.1. The van der Waals surface area contributed by atoms with Crippen molar-refractivity contribution in [3.63, 3.8) is 0 Å². The minimum absolute atomic E-state index is 0.207. The van der Waals surface area contributed by atoms with Gasteiger partial charge in [-0.15, -0.1) is 11.3 Å². The summed E-state index contributed by atoms with van der Waals surface area (Å²) in [5, 5.41) is 3.29. The maximum atomic E-state index is 12.9. The number of anilines is 1. The number of hydrogen-bond donors (Lipinski definition) is 2. The van der Waals surface area contributed by atoms with Crippen LogP contribution in [-0.2, 0) is 6.42 Å². The minimum Gasteiger partial charge on any atom is -0.457 e. The number of nitrogens with two attached hydrogens (primary N) is 1. The number of fused-ring (bicyclic) bond motifs is 1. The van der Waals surface area contributed by atoms with Gasteiger partial charge in [0, 0.05) is 16.9 Å². The summed E-state index contributed by atoms with van der Waals surface area (Å²) >= 11 is 1.34. The van der Waals surface area contributed by atoms with Gasteiger partial charge in [-0.05, 0) is 66.6 Å². The van der Waals surface area contributed by atoms with Crippen LogP contribution >= 0.6 is 11.3 Å². The van der Waals surface area contributed by atoms with Crippen molar-refractivity contribution >= 4 is 28.2 Å². The zero-order valence-electron chi connectivity index (χ0n) is 18.9. The fourth-order valence-corrected chi connectivity index (χ4v) is 5.06. The van der Waals surface area contributed by atoms with E-state index < -0.39 is 5.91 Å². The van der Waals surface area contributed by atoms with Crippen molar-refractivity contribution in [2.75, 3.05) is 12.1 Å². The molecule has 0 fully saturated rings. The lowest BCUT2D eigenvalue weighted by atomic mass is 10.1. The summed E-state index contributed by atoms with van der Waals surface area (Å²) in [6, 6.07) is 21.9. The van der Waals surface area contributed by atoms with Crippen molar-refractivity contribution in [2.45, 2.75) is 13.3 Å². The highest BCUT2D eigenvalue weighted by Gasteiger charge is 2.22. The second-order valence-electron chi connectivity index (χ2n) is 7.98. The number of ether oxygens (including phenoxy) is 3. The number of thiophene rings is 1. The number of carbonyl (C=O) groups excluding carboxylic acids is 2. The van der Waals surface area contributed by atoms with Gasteiger partial charge in [0.2, 0.25) is 6.79 Å². The molecular formula is C27H22N2O5S. The quantitative estimate of drug-likeness (QED) is 0.358. The number of primary amides is 1. The lowest BCUT2D eigenvalue weighted by Crippen LogP contribution is -2.17. The van der Waals surface area contributed by atoms with E-state index in [-0.39, 0.29) is 12.7 Å². The first kappa shape index (κ1) is 22.5. The number of nitrogens with one attached hydrogen (secondary N) is 1. The van der Waals surface area contributed by atoms with Crippen molar-refractivity contribution < 1.29 is 23.8 Å². The first-order valence-corrected chi connectivity index (χ1v) is 11.7. The molecule has 8 heteroatoms. The van der Waals surface area contributed by atoms with Gasteiger partial charge in [0.05, 0.1) is 5.56 Å². The third-order valence-electron chi connectivity index (χ3n) is 5.62. The summed E-state index contributed by atoms with van der Waals surface area (Å²) < 4.78 is 16.6. The third-order valence-corrected chi connectivity index (χ3v) is 6.82. The molecule has 1 aliphatic rings. The molecule has 35 heavy (non-hydrogen) atoms. The molecule has 5 rings (SSSR count). The van der Waals surface area contributed by atoms with Crippen LogP contribution in [0.3, 0.4) is 0 Å². The molecule has 3 N–H and O–H groups in total. The summed E-state index contributed by atoms with van der Waals surface area (Å²) in [6.07, 6.45) is 0.564. The molecule has 4 aromatic rings. The summed E-state index contributed by atoms with van der Waals surface area (Å²) in [5.41, 5.74) is 8.18. The maximum Gasteiger partial charge on any atom is 0.256 e. The van der Waals surface area contributed by atoms with E-state index in [2.05, 4.69) is 5.32 Å². The molecule has 0 atom stereocenters. The molecule has 3 aromatic carbocycles. The molecule has 0 spiro atoms. The second-order valence-corrected chi connectivity index (χ2v) is 9.08. The summed E-state index contributed by atoms with van der Waals surface area (Å²) in [6.45, 7) is 2.04. The minimum atomic E-state index is -0.586. The van der Waals surface area contributed by atoms with Gasteiger partial charge >= 0.3 is 0 Å². The molecule has 0 radical (unpaired) electrons. The molecule has 1 aromatic heterocycles. The van der Waals surface area contributed by atoms with Gasteiger partial charge in [-0.3, -0.25) is 9.59 Å². The molecular weight excluding hydrogens is 464 g/mol. The Morgan fingerprint density at radius 1 is 0.971 bits per heavy atom. The average molecular weight is 487 g/mol. The van der Waals surface area contributed by atoms with E-state index in [4.69, 9.17) is 19.9 Å². The zero-order chi connectivity index (χ0) is 24.4. The van der Waals surface area contributed by atoms with Crippen LogP contribution < -0.4 is 25.3 Å². The van der Waals surface area contributed by atoms with E-state index in [0.717, 1.165) is 16.0 Å². The predicted octanol–water partition coefficient (Wildman–Crippen LogP) is 5.52. The average Bonchev–Trinajstić information content (AvgIpc) is 3.44. The summed E-state index contributed by atoms with van der Waals surface area (Å²) in [7, 11) is 0. The smallest absolute Gasteiger partial charge is 0.256 e. The van der Waals surface area contributed by atoms with Crippen molar-refractivity contribution in [3.05, 3.63) is 99.9 Å². The van der Waals surface area contributed by atoms with Crippen molar-refractivity contribution in [1.29, 1.82) is 0 Å². The molecule has 0 aliphatic carbocycles. The normalized spacial score (nSPS) is 11.8. The molecule has 176 valence electrons. The van der Waals surface area contributed by atoms with Crippen LogP contribution in [0, 0.1) is 6.92 Å². The van der Waals surface area contributed by atoms with Crippen molar-refractivity contribution in [2.24, 2.45) is 5.73 Å².